The highest BCUT2D eigenvalue weighted by atomic mass is 35.5. The van der Waals surface area contributed by atoms with Crippen molar-refractivity contribution in [3.05, 3.63) is 106 Å². The summed E-state index contributed by atoms with van der Waals surface area (Å²) in [4.78, 5) is 15.3. The zero-order chi connectivity index (χ0) is 24.5. The molecule has 5 nitrogen and oxygen atoms in total. The van der Waals surface area contributed by atoms with E-state index in [1.54, 1.807) is 0 Å². The fourth-order valence-electron chi connectivity index (χ4n) is 4.58. The summed E-state index contributed by atoms with van der Waals surface area (Å²) in [5, 5.41) is 8.27. The van der Waals surface area contributed by atoms with Crippen LogP contribution in [0.3, 0.4) is 0 Å². The molecule has 6 heteroatoms. The highest BCUT2D eigenvalue weighted by molar-refractivity contribution is 6.31. The van der Waals surface area contributed by atoms with E-state index in [2.05, 4.69) is 55.2 Å². The van der Waals surface area contributed by atoms with Crippen LogP contribution in [0.2, 0.25) is 5.02 Å². The van der Waals surface area contributed by atoms with Gasteiger partial charge in [0.15, 0.2) is 0 Å². The standard InChI is InChI=1S/C29H28ClN3O2/c1-18(2)16-33-28(21-12-14-23(15-13-21)35-17-22-6-4-5-7-24(22)30)25-26(31-32-27(25)29(33)34)20-10-8-19(3)9-11-20/h4-15,18,28H,16-17H2,1-3H3,(H,31,32). The zero-order valence-corrected chi connectivity index (χ0v) is 20.8. The molecular weight excluding hydrogens is 458 g/mol. The van der Waals surface area contributed by atoms with Crippen LogP contribution in [0.5, 0.6) is 5.75 Å². The number of carbonyl (C=O) groups is 1. The number of fused-ring (bicyclic) bond motifs is 1. The molecule has 0 aliphatic carbocycles. The van der Waals surface area contributed by atoms with Crippen LogP contribution in [0.15, 0.2) is 72.8 Å². The molecule has 1 aliphatic heterocycles. The van der Waals surface area contributed by atoms with Gasteiger partial charge in [-0.25, -0.2) is 0 Å². The molecule has 35 heavy (non-hydrogen) atoms. The Morgan fingerprint density at radius 1 is 1.03 bits per heavy atom. The number of hydrogen-bond donors (Lipinski definition) is 1. The highest BCUT2D eigenvalue weighted by Gasteiger charge is 2.42. The van der Waals surface area contributed by atoms with Crippen LogP contribution < -0.4 is 4.74 Å². The summed E-state index contributed by atoms with van der Waals surface area (Å²) in [5.74, 6) is 1.07. The molecule has 1 aliphatic rings. The van der Waals surface area contributed by atoms with Crippen molar-refractivity contribution < 1.29 is 9.53 Å². The van der Waals surface area contributed by atoms with Gasteiger partial charge in [0, 0.05) is 28.3 Å². The van der Waals surface area contributed by atoms with Crippen molar-refractivity contribution in [1.82, 2.24) is 15.1 Å². The smallest absolute Gasteiger partial charge is 0.273 e. The van der Waals surface area contributed by atoms with Gasteiger partial charge in [-0.05, 0) is 36.6 Å². The van der Waals surface area contributed by atoms with E-state index in [-0.39, 0.29) is 11.9 Å². The first-order valence-corrected chi connectivity index (χ1v) is 12.2. The topological polar surface area (TPSA) is 58.2 Å². The molecule has 0 fully saturated rings. The maximum Gasteiger partial charge on any atom is 0.273 e. The molecule has 3 aromatic carbocycles. The summed E-state index contributed by atoms with van der Waals surface area (Å²) in [6, 6.07) is 23.7. The van der Waals surface area contributed by atoms with Crippen molar-refractivity contribution in [1.29, 1.82) is 0 Å². The third-order valence-corrected chi connectivity index (χ3v) is 6.67. The Kier molecular flexibility index (Phi) is 6.35. The number of hydrogen-bond acceptors (Lipinski definition) is 3. The Bertz CT molecular complexity index is 1340. The number of ether oxygens (including phenoxy) is 1. The number of rotatable bonds is 7. The van der Waals surface area contributed by atoms with Crippen LogP contribution in [-0.4, -0.2) is 27.5 Å². The lowest BCUT2D eigenvalue weighted by Crippen LogP contribution is -2.32. The monoisotopic (exact) mass is 485 g/mol. The molecule has 0 bridgehead atoms. The first kappa shape index (κ1) is 23.2. The number of aryl methyl sites for hydroxylation is 1. The molecule has 1 amide bonds. The average Bonchev–Trinajstić information content (AvgIpc) is 3.38. The molecule has 1 atom stereocenters. The van der Waals surface area contributed by atoms with Crippen molar-refractivity contribution in [2.24, 2.45) is 5.92 Å². The second kappa shape index (κ2) is 9.59. The Morgan fingerprint density at radius 3 is 2.43 bits per heavy atom. The lowest BCUT2D eigenvalue weighted by Gasteiger charge is -2.28. The van der Waals surface area contributed by atoms with Gasteiger partial charge < -0.3 is 9.64 Å². The Hall–Kier alpha value is -3.57. The van der Waals surface area contributed by atoms with Gasteiger partial charge in [-0.2, -0.15) is 5.10 Å². The predicted octanol–water partition coefficient (Wildman–Crippen LogP) is 6.82. The average molecular weight is 486 g/mol. The summed E-state index contributed by atoms with van der Waals surface area (Å²) >= 11 is 6.26. The summed E-state index contributed by atoms with van der Waals surface area (Å²) in [6.07, 6.45) is 0. The van der Waals surface area contributed by atoms with Gasteiger partial charge in [-0.15, -0.1) is 0 Å². The Balaban J connectivity index is 1.47. The van der Waals surface area contributed by atoms with Gasteiger partial charge in [-0.1, -0.05) is 85.6 Å². The number of H-pyrrole nitrogens is 1. The van der Waals surface area contributed by atoms with Crippen LogP contribution in [0.4, 0.5) is 0 Å². The minimum Gasteiger partial charge on any atom is -0.489 e. The number of halogens is 1. The fourth-order valence-corrected chi connectivity index (χ4v) is 4.77. The Labute approximate surface area is 210 Å². The third-order valence-electron chi connectivity index (χ3n) is 6.30. The zero-order valence-electron chi connectivity index (χ0n) is 20.1. The number of nitrogens with one attached hydrogen (secondary N) is 1. The first-order valence-electron chi connectivity index (χ1n) is 11.8. The first-order chi connectivity index (χ1) is 16.9. The van der Waals surface area contributed by atoms with Crippen molar-refractivity contribution in [2.45, 2.75) is 33.4 Å². The SMILES string of the molecule is Cc1ccc(-c2n[nH]c3c2C(c2ccc(OCc4ccccc4Cl)cc2)N(CC(C)C)C3=O)cc1. The number of aromatic amines is 1. The van der Waals surface area contributed by atoms with Crippen LogP contribution in [0.1, 0.15) is 52.6 Å². The molecule has 0 radical (unpaired) electrons. The number of amides is 1. The van der Waals surface area contributed by atoms with Crippen molar-refractivity contribution in [3.63, 3.8) is 0 Å². The lowest BCUT2D eigenvalue weighted by molar-refractivity contribution is 0.0722. The van der Waals surface area contributed by atoms with Gasteiger partial charge in [0.25, 0.3) is 5.91 Å². The molecule has 4 aromatic rings. The second-order valence-corrected chi connectivity index (χ2v) is 9.84. The van der Waals surface area contributed by atoms with E-state index in [1.807, 2.05) is 53.4 Å². The lowest BCUT2D eigenvalue weighted by atomic mass is 9.95. The van der Waals surface area contributed by atoms with Crippen molar-refractivity contribution in [3.8, 4) is 17.0 Å². The molecule has 1 unspecified atom stereocenters. The maximum absolute atomic E-state index is 13.4. The van der Waals surface area contributed by atoms with E-state index in [4.69, 9.17) is 16.3 Å². The van der Waals surface area contributed by atoms with Crippen molar-refractivity contribution in [2.75, 3.05) is 6.54 Å². The largest absolute Gasteiger partial charge is 0.489 e. The molecule has 0 saturated carbocycles. The maximum atomic E-state index is 13.4. The van der Waals surface area contributed by atoms with E-state index in [0.717, 1.165) is 33.7 Å². The van der Waals surface area contributed by atoms with Gasteiger partial charge in [0.2, 0.25) is 0 Å². The Morgan fingerprint density at radius 2 is 1.74 bits per heavy atom. The highest BCUT2D eigenvalue weighted by Crippen LogP contribution is 2.43. The normalized spacial score (nSPS) is 15.1. The van der Waals surface area contributed by atoms with Gasteiger partial charge >= 0.3 is 0 Å². The summed E-state index contributed by atoms with van der Waals surface area (Å²) in [7, 11) is 0. The van der Waals surface area contributed by atoms with Crippen molar-refractivity contribution >= 4 is 17.5 Å². The molecule has 1 aromatic heterocycles. The summed E-state index contributed by atoms with van der Waals surface area (Å²) in [5.41, 5.74) is 6.48. The molecule has 178 valence electrons. The molecular formula is C29H28ClN3O2. The number of benzene rings is 3. The van der Waals surface area contributed by atoms with Crippen LogP contribution in [0, 0.1) is 12.8 Å². The molecule has 2 heterocycles. The van der Waals surface area contributed by atoms with Gasteiger partial charge in [0.1, 0.15) is 18.1 Å². The fraction of sp³-hybridized carbons (Fsp3) is 0.241. The quantitative estimate of drug-likeness (QED) is 0.312. The molecule has 1 N–H and O–H groups in total. The molecule has 0 spiro atoms. The van der Waals surface area contributed by atoms with E-state index >= 15 is 0 Å². The molecule has 0 saturated heterocycles. The summed E-state index contributed by atoms with van der Waals surface area (Å²) in [6.45, 7) is 7.36. The third kappa shape index (κ3) is 4.56. The minimum absolute atomic E-state index is 0.0105. The number of aromatic nitrogens is 2. The van der Waals surface area contributed by atoms with E-state index in [9.17, 15) is 4.79 Å². The number of carbonyl (C=O) groups excluding carboxylic acids is 1. The van der Waals surface area contributed by atoms with Crippen LogP contribution >= 0.6 is 11.6 Å². The van der Waals surface area contributed by atoms with E-state index < -0.39 is 0 Å². The summed E-state index contributed by atoms with van der Waals surface area (Å²) < 4.78 is 5.98. The van der Waals surface area contributed by atoms with Gasteiger partial charge in [-0.3, -0.25) is 9.89 Å². The van der Waals surface area contributed by atoms with Crippen LogP contribution in [-0.2, 0) is 6.61 Å². The second-order valence-electron chi connectivity index (χ2n) is 9.43. The molecule has 5 rings (SSSR count). The minimum atomic E-state index is -0.215. The predicted molar refractivity (Wildman–Crippen MR) is 139 cm³/mol. The van der Waals surface area contributed by atoms with Gasteiger partial charge in [0.05, 0.1) is 11.7 Å². The number of nitrogens with zero attached hydrogens (tertiary/aromatic N) is 2. The van der Waals surface area contributed by atoms with E-state index in [1.165, 1.54) is 5.56 Å². The van der Waals surface area contributed by atoms with Crippen LogP contribution in [0.25, 0.3) is 11.3 Å². The van der Waals surface area contributed by atoms with E-state index in [0.29, 0.717) is 29.8 Å².